The summed E-state index contributed by atoms with van der Waals surface area (Å²) >= 11 is 0. The van der Waals surface area contributed by atoms with Crippen LogP contribution in [0.3, 0.4) is 0 Å². The molecule has 2 fully saturated rings. The van der Waals surface area contributed by atoms with E-state index in [4.69, 9.17) is 0 Å². The Balaban J connectivity index is 1.27. The highest BCUT2D eigenvalue weighted by Crippen LogP contribution is 2.18. The zero-order valence-electron chi connectivity index (χ0n) is 18.3. The second-order valence-electron chi connectivity index (χ2n) is 9.17. The quantitative estimate of drug-likeness (QED) is 0.739. The number of carbonyl (C=O) groups is 1. The number of carbonyl (C=O) groups excluding carboxylic acids is 1. The Morgan fingerprint density at radius 1 is 0.900 bits per heavy atom. The molecular weight excluding hydrogens is 370 g/mol. The van der Waals surface area contributed by atoms with Gasteiger partial charge in [0.15, 0.2) is 0 Å². The molecule has 2 heterocycles. The van der Waals surface area contributed by atoms with Crippen molar-refractivity contribution in [2.75, 3.05) is 26.2 Å². The Labute approximate surface area is 181 Å². The van der Waals surface area contributed by atoms with E-state index in [1.165, 1.54) is 63.0 Å². The van der Waals surface area contributed by atoms with Crippen molar-refractivity contribution in [2.24, 2.45) is 5.92 Å². The molecule has 0 aliphatic carbocycles. The Morgan fingerprint density at radius 3 is 2.37 bits per heavy atom. The molecule has 0 bridgehead atoms. The standard InChI is InChI=1S/C26H35N3O/c1-21-6-5-15-29(18-21)19-22-9-11-25(12-10-22)26(30)27-17-23-7-4-8-24(16-23)20-28-13-2-3-14-28/h4,7-12,16,21H,2-3,5-6,13-15,17-20H2,1H3,(H,27,30). The van der Waals surface area contributed by atoms with Crippen LogP contribution in [-0.2, 0) is 19.6 Å². The molecule has 1 N–H and O–H groups in total. The van der Waals surface area contributed by atoms with Gasteiger partial charge in [-0.3, -0.25) is 14.6 Å². The second-order valence-corrected chi connectivity index (χ2v) is 9.17. The zero-order valence-corrected chi connectivity index (χ0v) is 18.3. The van der Waals surface area contributed by atoms with Crippen LogP contribution in [0.5, 0.6) is 0 Å². The van der Waals surface area contributed by atoms with E-state index in [1.807, 2.05) is 12.1 Å². The molecule has 0 aromatic heterocycles. The zero-order chi connectivity index (χ0) is 20.8. The summed E-state index contributed by atoms with van der Waals surface area (Å²) in [5, 5.41) is 3.08. The van der Waals surface area contributed by atoms with Crippen molar-refractivity contribution in [2.45, 2.75) is 52.2 Å². The molecule has 30 heavy (non-hydrogen) atoms. The second kappa shape index (κ2) is 10.2. The number of piperidine rings is 1. The summed E-state index contributed by atoms with van der Waals surface area (Å²) in [5.41, 5.74) is 4.52. The summed E-state index contributed by atoms with van der Waals surface area (Å²) in [6.07, 6.45) is 5.26. The normalized spacial score (nSPS) is 20.4. The number of nitrogens with zero attached hydrogens (tertiary/aromatic N) is 2. The lowest BCUT2D eigenvalue weighted by Crippen LogP contribution is -2.33. The van der Waals surface area contributed by atoms with Gasteiger partial charge in [0, 0.05) is 31.7 Å². The van der Waals surface area contributed by atoms with Crippen LogP contribution in [0.25, 0.3) is 0 Å². The first-order chi connectivity index (χ1) is 14.7. The number of hydrogen-bond acceptors (Lipinski definition) is 3. The number of benzene rings is 2. The van der Waals surface area contributed by atoms with Crippen LogP contribution in [0.2, 0.25) is 0 Å². The van der Waals surface area contributed by atoms with Crippen molar-refractivity contribution in [3.05, 3.63) is 70.8 Å². The molecule has 2 aliphatic heterocycles. The Bertz CT molecular complexity index is 826. The fraction of sp³-hybridized carbons (Fsp3) is 0.500. The molecule has 2 saturated heterocycles. The molecule has 2 aliphatic rings. The van der Waals surface area contributed by atoms with Gasteiger partial charge < -0.3 is 5.32 Å². The van der Waals surface area contributed by atoms with E-state index in [-0.39, 0.29) is 5.91 Å². The third-order valence-electron chi connectivity index (χ3n) is 6.41. The maximum atomic E-state index is 12.6. The van der Waals surface area contributed by atoms with Crippen LogP contribution in [0.15, 0.2) is 48.5 Å². The van der Waals surface area contributed by atoms with E-state index >= 15 is 0 Å². The minimum Gasteiger partial charge on any atom is -0.348 e. The van der Waals surface area contributed by atoms with Gasteiger partial charge >= 0.3 is 0 Å². The van der Waals surface area contributed by atoms with Crippen LogP contribution < -0.4 is 5.32 Å². The molecule has 2 aromatic rings. The third kappa shape index (κ3) is 5.93. The fourth-order valence-corrected chi connectivity index (χ4v) is 4.77. The number of amides is 1. The van der Waals surface area contributed by atoms with Gasteiger partial charge in [-0.1, -0.05) is 43.3 Å². The van der Waals surface area contributed by atoms with Crippen LogP contribution in [0.4, 0.5) is 0 Å². The lowest BCUT2D eigenvalue weighted by molar-refractivity contribution is 0.0951. The highest BCUT2D eigenvalue weighted by molar-refractivity contribution is 5.94. The molecule has 0 spiro atoms. The molecular formula is C26H35N3O. The molecule has 2 aromatic carbocycles. The molecule has 1 unspecified atom stereocenters. The van der Waals surface area contributed by atoms with Gasteiger partial charge in [-0.15, -0.1) is 0 Å². The molecule has 0 radical (unpaired) electrons. The largest absolute Gasteiger partial charge is 0.348 e. The van der Waals surface area contributed by atoms with Crippen molar-refractivity contribution >= 4 is 5.91 Å². The number of nitrogens with one attached hydrogen (secondary N) is 1. The number of likely N-dealkylation sites (tertiary alicyclic amines) is 2. The molecule has 4 nitrogen and oxygen atoms in total. The molecule has 4 rings (SSSR count). The van der Waals surface area contributed by atoms with Crippen molar-refractivity contribution in [1.82, 2.24) is 15.1 Å². The van der Waals surface area contributed by atoms with E-state index in [9.17, 15) is 4.79 Å². The van der Waals surface area contributed by atoms with Crippen molar-refractivity contribution < 1.29 is 4.79 Å². The molecule has 1 atom stereocenters. The minimum absolute atomic E-state index is 0.00177. The van der Waals surface area contributed by atoms with Gasteiger partial charge in [0.2, 0.25) is 0 Å². The molecule has 1 amide bonds. The van der Waals surface area contributed by atoms with Crippen LogP contribution >= 0.6 is 0 Å². The molecule has 4 heteroatoms. The predicted molar refractivity (Wildman–Crippen MR) is 122 cm³/mol. The fourth-order valence-electron chi connectivity index (χ4n) is 4.77. The predicted octanol–water partition coefficient (Wildman–Crippen LogP) is 4.44. The average Bonchev–Trinajstić information content (AvgIpc) is 3.26. The maximum Gasteiger partial charge on any atom is 0.251 e. The highest BCUT2D eigenvalue weighted by atomic mass is 16.1. The topological polar surface area (TPSA) is 35.6 Å². The van der Waals surface area contributed by atoms with Gasteiger partial charge in [-0.25, -0.2) is 0 Å². The van der Waals surface area contributed by atoms with E-state index < -0.39 is 0 Å². The summed E-state index contributed by atoms with van der Waals surface area (Å²) in [5.74, 6) is 0.788. The van der Waals surface area contributed by atoms with Crippen LogP contribution in [0.1, 0.15) is 59.7 Å². The van der Waals surface area contributed by atoms with Gasteiger partial charge in [-0.05, 0) is 80.1 Å². The van der Waals surface area contributed by atoms with Gasteiger partial charge in [0.1, 0.15) is 0 Å². The van der Waals surface area contributed by atoms with Gasteiger partial charge in [0.25, 0.3) is 5.91 Å². The van der Waals surface area contributed by atoms with Crippen LogP contribution in [-0.4, -0.2) is 41.9 Å². The van der Waals surface area contributed by atoms with E-state index in [0.717, 1.165) is 30.1 Å². The van der Waals surface area contributed by atoms with E-state index in [2.05, 4.69) is 58.4 Å². The highest BCUT2D eigenvalue weighted by Gasteiger charge is 2.16. The first-order valence-corrected chi connectivity index (χ1v) is 11.6. The van der Waals surface area contributed by atoms with Gasteiger partial charge in [0.05, 0.1) is 0 Å². The van der Waals surface area contributed by atoms with Crippen molar-refractivity contribution in [3.8, 4) is 0 Å². The average molecular weight is 406 g/mol. The number of rotatable bonds is 7. The Morgan fingerprint density at radius 2 is 1.60 bits per heavy atom. The summed E-state index contributed by atoms with van der Waals surface area (Å²) in [6, 6.07) is 16.7. The SMILES string of the molecule is CC1CCCN(Cc2ccc(C(=O)NCc3cccc(CN4CCCC4)c3)cc2)C1. The lowest BCUT2D eigenvalue weighted by Gasteiger charge is -2.30. The third-order valence-corrected chi connectivity index (χ3v) is 6.41. The van der Waals surface area contributed by atoms with Crippen molar-refractivity contribution in [3.63, 3.8) is 0 Å². The first kappa shape index (κ1) is 21.1. The number of hydrogen-bond donors (Lipinski definition) is 1. The smallest absolute Gasteiger partial charge is 0.251 e. The Hall–Kier alpha value is -2.17. The van der Waals surface area contributed by atoms with Crippen LogP contribution in [0, 0.1) is 5.92 Å². The monoisotopic (exact) mass is 405 g/mol. The van der Waals surface area contributed by atoms with E-state index in [1.54, 1.807) is 0 Å². The van der Waals surface area contributed by atoms with Gasteiger partial charge in [-0.2, -0.15) is 0 Å². The van der Waals surface area contributed by atoms with E-state index in [0.29, 0.717) is 6.54 Å². The first-order valence-electron chi connectivity index (χ1n) is 11.6. The lowest BCUT2D eigenvalue weighted by atomic mass is 9.99. The molecule has 160 valence electrons. The summed E-state index contributed by atoms with van der Waals surface area (Å²) in [6.45, 7) is 9.67. The Kier molecular flexibility index (Phi) is 7.19. The molecule has 0 saturated carbocycles. The summed E-state index contributed by atoms with van der Waals surface area (Å²) in [4.78, 5) is 17.6. The summed E-state index contributed by atoms with van der Waals surface area (Å²) in [7, 11) is 0. The maximum absolute atomic E-state index is 12.6. The minimum atomic E-state index is -0.00177. The summed E-state index contributed by atoms with van der Waals surface area (Å²) < 4.78 is 0. The van der Waals surface area contributed by atoms with Crippen molar-refractivity contribution in [1.29, 1.82) is 0 Å².